The van der Waals surface area contributed by atoms with Gasteiger partial charge in [-0.25, -0.2) is 4.79 Å². The van der Waals surface area contributed by atoms with Crippen LogP contribution in [0.25, 0.3) is 22.2 Å². The van der Waals surface area contributed by atoms with Gasteiger partial charge >= 0.3 is 5.69 Å². The van der Waals surface area contributed by atoms with Crippen molar-refractivity contribution in [1.29, 1.82) is 0 Å². The molecular formula is C18H15N3O4. The predicted octanol–water partition coefficient (Wildman–Crippen LogP) is 2.76. The SMILES string of the molecule is O=c1nc(-c2ccccc2)c2cc([N+](=O)[O-])ccc2n1CC1CCO1. The van der Waals surface area contributed by atoms with Gasteiger partial charge in [-0.1, -0.05) is 30.3 Å². The van der Waals surface area contributed by atoms with Gasteiger partial charge in [0.2, 0.25) is 0 Å². The van der Waals surface area contributed by atoms with Gasteiger partial charge in [-0.05, 0) is 12.5 Å². The quantitative estimate of drug-likeness (QED) is 0.539. The van der Waals surface area contributed by atoms with E-state index in [0.717, 1.165) is 12.0 Å². The van der Waals surface area contributed by atoms with E-state index in [0.29, 0.717) is 29.7 Å². The minimum Gasteiger partial charge on any atom is -0.376 e. The van der Waals surface area contributed by atoms with Gasteiger partial charge in [0, 0.05) is 29.7 Å². The van der Waals surface area contributed by atoms with Crippen LogP contribution in [-0.4, -0.2) is 27.2 Å². The van der Waals surface area contributed by atoms with Crippen molar-refractivity contribution in [2.24, 2.45) is 0 Å². The molecule has 0 spiro atoms. The fourth-order valence-electron chi connectivity index (χ4n) is 3.01. The van der Waals surface area contributed by atoms with Crippen LogP contribution in [0, 0.1) is 10.1 Å². The fourth-order valence-corrected chi connectivity index (χ4v) is 3.01. The molecule has 7 nitrogen and oxygen atoms in total. The fraction of sp³-hybridized carbons (Fsp3) is 0.222. The number of ether oxygens (including phenoxy) is 1. The van der Waals surface area contributed by atoms with Gasteiger partial charge in [-0.2, -0.15) is 4.98 Å². The first-order valence-corrected chi connectivity index (χ1v) is 7.99. The maximum absolute atomic E-state index is 12.6. The Bertz CT molecular complexity index is 1010. The lowest BCUT2D eigenvalue weighted by atomic mass is 10.1. The minimum atomic E-state index is -0.446. The van der Waals surface area contributed by atoms with Crippen molar-refractivity contribution in [1.82, 2.24) is 9.55 Å². The summed E-state index contributed by atoms with van der Waals surface area (Å²) in [6, 6.07) is 13.7. The first-order valence-electron chi connectivity index (χ1n) is 7.99. The molecule has 2 heterocycles. The van der Waals surface area contributed by atoms with Gasteiger partial charge in [0.05, 0.1) is 28.8 Å². The van der Waals surface area contributed by atoms with E-state index in [1.54, 1.807) is 6.07 Å². The molecule has 126 valence electrons. The van der Waals surface area contributed by atoms with E-state index in [1.165, 1.54) is 16.7 Å². The van der Waals surface area contributed by atoms with E-state index in [2.05, 4.69) is 4.98 Å². The van der Waals surface area contributed by atoms with Crippen molar-refractivity contribution in [3.05, 3.63) is 69.1 Å². The molecule has 7 heteroatoms. The van der Waals surface area contributed by atoms with Crippen molar-refractivity contribution in [2.45, 2.75) is 19.1 Å². The summed E-state index contributed by atoms with van der Waals surface area (Å²) >= 11 is 0. The molecule has 1 atom stereocenters. The van der Waals surface area contributed by atoms with E-state index >= 15 is 0 Å². The third-order valence-electron chi connectivity index (χ3n) is 4.40. The number of rotatable bonds is 4. The largest absolute Gasteiger partial charge is 0.376 e. The molecule has 0 saturated carbocycles. The van der Waals surface area contributed by atoms with Gasteiger partial charge in [0.25, 0.3) is 5.69 Å². The molecule has 1 unspecified atom stereocenters. The Morgan fingerprint density at radius 1 is 1.24 bits per heavy atom. The average Bonchev–Trinajstić information content (AvgIpc) is 2.59. The Hall–Kier alpha value is -3.06. The Morgan fingerprint density at radius 2 is 2.00 bits per heavy atom. The normalized spacial score (nSPS) is 16.6. The zero-order valence-corrected chi connectivity index (χ0v) is 13.3. The van der Waals surface area contributed by atoms with Crippen LogP contribution in [0.15, 0.2) is 53.3 Å². The molecule has 1 aromatic heterocycles. The van der Waals surface area contributed by atoms with Gasteiger partial charge in [0.1, 0.15) is 0 Å². The van der Waals surface area contributed by atoms with Crippen LogP contribution >= 0.6 is 0 Å². The van der Waals surface area contributed by atoms with Crippen molar-refractivity contribution in [3.8, 4) is 11.3 Å². The second-order valence-electron chi connectivity index (χ2n) is 5.96. The first-order chi connectivity index (χ1) is 12.1. The van der Waals surface area contributed by atoms with Crippen LogP contribution in [0.2, 0.25) is 0 Å². The summed E-state index contributed by atoms with van der Waals surface area (Å²) < 4.78 is 6.96. The van der Waals surface area contributed by atoms with Crippen LogP contribution in [0.1, 0.15) is 6.42 Å². The van der Waals surface area contributed by atoms with E-state index < -0.39 is 4.92 Å². The zero-order chi connectivity index (χ0) is 17.4. The van der Waals surface area contributed by atoms with Gasteiger partial charge < -0.3 is 4.74 Å². The molecule has 4 rings (SSSR count). The standard InChI is InChI=1S/C18H15N3O4/c22-18-19-17(12-4-2-1-3-5-12)15-10-13(21(23)24)6-7-16(15)20(18)11-14-8-9-25-14/h1-7,10,14H,8-9,11H2. The third kappa shape index (κ3) is 2.78. The van der Waals surface area contributed by atoms with Crippen LogP contribution in [0.4, 0.5) is 5.69 Å². The number of hydrogen-bond acceptors (Lipinski definition) is 5. The van der Waals surface area contributed by atoms with Gasteiger partial charge in [-0.3, -0.25) is 14.7 Å². The molecular weight excluding hydrogens is 322 g/mol. The summed E-state index contributed by atoms with van der Waals surface area (Å²) in [6.45, 7) is 1.09. The molecule has 1 aliphatic rings. The first kappa shape index (κ1) is 15.5. The highest BCUT2D eigenvalue weighted by Crippen LogP contribution is 2.29. The summed E-state index contributed by atoms with van der Waals surface area (Å²) in [4.78, 5) is 27.5. The average molecular weight is 337 g/mol. The van der Waals surface area contributed by atoms with Crippen molar-refractivity contribution >= 4 is 16.6 Å². The topological polar surface area (TPSA) is 87.3 Å². The highest BCUT2D eigenvalue weighted by molar-refractivity contribution is 5.93. The number of benzene rings is 2. The highest BCUT2D eigenvalue weighted by atomic mass is 16.6. The maximum Gasteiger partial charge on any atom is 0.348 e. The maximum atomic E-state index is 12.6. The Morgan fingerprint density at radius 3 is 2.64 bits per heavy atom. The molecule has 25 heavy (non-hydrogen) atoms. The Labute approximate surface area is 142 Å². The summed E-state index contributed by atoms with van der Waals surface area (Å²) in [7, 11) is 0. The highest BCUT2D eigenvalue weighted by Gasteiger charge is 2.22. The van der Waals surface area contributed by atoms with Crippen LogP contribution in [0.3, 0.4) is 0 Å². The molecule has 1 fully saturated rings. The van der Waals surface area contributed by atoms with E-state index in [4.69, 9.17) is 4.74 Å². The Balaban J connectivity index is 1.98. The number of aromatic nitrogens is 2. The number of nitro benzene ring substituents is 1. The molecule has 0 amide bonds. The summed E-state index contributed by atoms with van der Waals surface area (Å²) in [5.41, 5.74) is 1.42. The molecule has 2 aromatic carbocycles. The van der Waals surface area contributed by atoms with Crippen LogP contribution in [0.5, 0.6) is 0 Å². The molecule has 3 aromatic rings. The van der Waals surface area contributed by atoms with E-state index in [-0.39, 0.29) is 17.5 Å². The molecule has 0 bridgehead atoms. The lowest BCUT2D eigenvalue weighted by molar-refractivity contribution is -0.384. The number of hydrogen-bond donors (Lipinski definition) is 0. The van der Waals surface area contributed by atoms with Crippen molar-refractivity contribution in [3.63, 3.8) is 0 Å². The summed E-state index contributed by atoms with van der Waals surface area (Å²) in [5, 5.41) is 11.8. The van der Waals surface area contributed by atoms with Gasteiger partial charge in [0.15, 0.2) is 0 Å². The van der Waals surface area contributed by atoms with E-state index in [1.807, 2.05) is 30.3 Å². The van der Waals surface area contributed by atoms with Gasteiger partial charge in [-0.15, -0.1) is 0 Å². The molecule has 0 N–H and O–H groups in total. The van der Waals surface area contributed by atoms with E-state index in [9.17, 15) is 14.9 Å². The lowest BCUT2D eigenvalue weighted by Crippen LogP contribution is -2.36. The minimum absolute atomic E-state index is 0.0135. The lowest BCUT2D eigenvalue weighted by Gasteiger charge is -2.27. The monoisotopic (exact) mass is 337 g/mol. The Kier molecular flexibility index (Phi) is 3.77. The number of nitrogens with zero attached hydrogens (tertiary/aromatic N) is 3. The zero-order valence-electron chi connectivity index (χ0n) is 13.3. The van der Waals surface area contributed by atoms with Crippen LogP contribution < -0.4 is 5.69 Å². The van der Waals surface area contributed by atoms with Crippen LogP contribution in [-0.2, 0) is 11.3 Å². The number of non-ortho nitro benzene ring substituents is 1. The smallest absolute Gasteiger partial charge is 0.348 e. The second-order valence-corrected chi connectivity index (χ2v) is 5.96. The number of fused-ring (bicyclic) bond motifs is 1. The summed E-state index contributed by atoms with van der Waals surface area (Å²) in [5.74, 6) is 0. The molecule has 1 aliphatic heterocycles. The second kappa shape index (κ2) is 6.10. The van der Waals surface area contributed by atoms with Crippen molar-refractivity contribution in [2.75, 3.05) is 6.61 Å². The summed E-state index contributed by atoms with van der Waals surface area (Å²) in [6.07, 6.45) is 0.877. The predicted molar refractivity (Wildman–Crippen MR) is 92.5 cm³/mol. The molecule has 0 aliphatic carbocycles. The van der Waals surface area contributed by atoms with Crippen molar-refractivity contribution < 1.29 is 9.66 Å². The molecule has 0 radical (unpaired) electrons. The third-order valence-corrected chi connectivity index (χ3v) is 4.40. The molecule has 1 saturated heterocycles. The number of nitro groups is 1.